The van der Waals surface area contributed by atoms with Gasteiger partial charge in [0.2, 0.25) is 0 Å². The van der Waals surface area contributed by atoms with Gasteiger partial charge in [0, 0.05) is 11.1 Å². The SMILES string of the molecule is COC(=O)c1ccc2c(C(C)C)c(CO)c(-c3ccc(F)cc3)nn12. The van der Waals surface area contributed by atoms with Crippen molar-refractivity contribution < 1.29 is 19.0 Å². The first kappa shape index (κ1) is 17.1. The average molecular weight is 342 g/mol. The molecule has 0 amide bonds. The van der Waals surface area contributed by atoms with Crippen LogP contribution in [0.3, 0.4) is 0 Å². The third-order valence-corrected chi connectivity index (χ3v) is 4.19. The number of esters is 1. The van der Waals surface area contributed by atoms with Gasteiger partial charge in [-0.15, -0.1) is 0 Å². The van der Waals surface area contributed by atoms with E-state index in [0.717, 1.165) is 11.1 Å². The van der Waals surface area contributed by atoms with Crippen molar-refractivity contribution in [3.63, 3.8) is 0 Å². The Labute approximate surface area is 144 Å². The molecule has 0 fully saturated rings. The summed E-state index contributed by atoms with van der Waals surface area (Å²) in [6.07, 6.45) is 0. The molecule has 0 saturated heterocycles. The molecule has 0 aliphatic carbocycles. The van der Waals surface area contributed by atoms with Crippen LogP contribution in [0.2, 0.25) is 0 Å². The highest BCUT2D eigenvalue weighted by Gasteiger charge is 2.22. The molecule has 0 unspecified atom stereocenters. The van der Waals surface area contributed by atoms with Crippen LogP contribution >= 0.6 is 0 Å². The number of rotatable bonds is 4. The summed E-state index contributed by atoms with van der Waals surface area (Å²) < 4.78 is 19.6. The van der Waals surface area contributed by atoms with Gasteiger partial charge in [0.1, 0.15) is 5.82 Å². The van der Waals surface area contributed by atoms with E-state index in [1.807, 2.05) is 13.8 Å². The van der Waals surface area contributed by atoms with Crippen LogP contribution in [0.25, 0.3) is 16.8 Å². The van der Waals surface area contributed by atoms with E-state index < -0.39 is 5.97 Å². The number of benzene rings is 1. The molecule has 25 heavy (non-hydrogen) atoms. The van der Waals surface area contributed by atoms with E-state index in [1.165, 1.54) is 23.8 Å². The van der Waals surface area contributed by atoms with E-state index in [4.69, 9.17) is 4.74 Å². The second kappa shape index (κ2) is 6.64. The molecule has 2 heterocycles. The summed E-state index contributed by atoms with van der Waals surface area (Å²) in [5.74, 6) is -0.757. The van der Waals surface area contributed by atoms with Gasteiger partial charge in [-0.3, -0.25) is 0 Å². The van der Waals surface area contributed by atoms with Gasteiger partial charge in [-0.2, -0.15) is 5.10 Å². The molecule has 0 bridgehead atoms. The molecular weight excluding hydrogens is 323 g/mol. The fourth-order valence-electron chi connectivity index (χ4n) is 3.09. The zero-order valence-electron chi connectivity index (χ0n) is 14.3. The van der Waals surface area contributed by atoms with Crippen LogP contribution in [0.15, 0.2) is 36.4 Å². The predicted octanol–water partition coefficient (Wildman–Crippen LogP) is 3.54. The van der Waals surface area contributed by atoms with Crippen LogP contribution in [0, 0.1) is 5.82 Å². The fourth-order valence-corrected chi connectivity index (χ4v) is 3.09. The smallest absolute Gasteiger partial charge is 0.356 e. The highest BCUT2D eigenvalue weighted by atomic mass is 19.1. The molecule has 0 aliphatic rings. The lowest BCUT2D eigenvalue weighted by atomic mass is 9.94. The number of carbonyl (C=O) groups excluding carboxylic acids is 1. The molecule has 5 nitrogen and oxygen atoms in total. The third-order valence-electron chi connectivity index (χ3n) is 4.19. The molecule has 2 aromatic heterocycles. The largest absolute Gasteiger partial charge is 0.464 e. The molecule has 1 N–H and O–H groups in total. The Balaban J connectivity index is 2.38. The van der Waals surface area contributed by atoms with E-state index in [-0.39, 0.29) is 18.3 Å². The van der Waals surface area contributed by atoms with E-state index in [1.54, 1.807) is 24.3 Å². The lowest BCUT2D eigenvalue weighted by Crippen LogP contribution is -2.12. The molecule has 3 aromatic rings. The Hall–Kier alpha value is -2.73. The molecule has 6 heteroatoms. The molecule has 0 aliphatic heterocycles. The summed E-state index contributed by atoms with van der Waals surface area (Å²) in [6.45, 7) is 3.81. The van der Waals surface area contributed by atoms with Crippen LogP contribution in [0.4, 0.5) is 4.39 Å². The van der Waals surface area contributed by atoms with Crippen LogP contribution < -0.4 is 0 Å². The number of hydrogen-bond donors (Lipinski definition) is 1. The van der Waals surface area contributed by atoms with Crippen LogP contribution in [-0.2, 0) is 11.3 Å². The summed E-state index contributed by atoms with van der Waals surface area (Å²) in [7, 11) is 1.31. The van der Waals surface area contributed by atoms with Gasteiger partial charge in [-0.05, 0) is 47.9 Å². The number of carbonyl (C=O) groups is 1. The molecule has 0 radical (unpaired) electrons. The molecule has 1 aromatic carbocycles. The van der Waals surface area contributed by atoms with Gasteiger partial charge in [0.25, 0.3) is 0 Å². The topological polar surface area (TPSA) is 63.8 Å². The second-order valence-corrected chi connectivity index (χ2v) is 6.07. The Morgan fingerprint density at radius 1 is 1.24 bits per heavy atom. The Morgan fingerprint density at radius 2 is 1.92 bits per heavy atom. The van der Waals surface area contributed by atoms with E-state index >= 15 is 0 Å². The number of nitrogens with zero attached hydrogens (tertiary/aromatic N) is 2. The molecule has 0 atom stereocenters. The standard InChI is InChI=1S/C19H19FN2O3/c1-11(2)17-14(10-23)18(12-4-6-13(20)7-5-12)21-22-15(17)8-9-16(22)19(24)25-3/h4-9,11,23H,10H2,1-3H3. The zero-order valence-corrected chi connectivity index (χ0v) is 14.3. The second-order valence-electron chi connectivity index (χ2n) is 6.07. The van der Waals surface area contributed by atoms with Crippen LogP contribution in [-0.4, -0.2) is 27.8 Å². The molecular formula is C19H19FN2O3. The van der Waals surface area contributed by atoms with E-state index in [9.17, 15) is 14.3 Å². The fraction of sp³-hybridized carbons (Fsp3) is 0.263. The number of ether oxygens (including phenoxy) is 1. The van der Waals surface area contributed by atoms with Crippen molar-refractivity contribution in [2.45, 2.75) is 26.4 Å². The van der Waals surface area contributed by atoms with Gasteiger partial charge >= 0.3 is 5.97 Å². The first-order chi connectivity index (χ1) is 12.0. The summed E-state index contributed by atoms with van der Waals surface area (Å²) in [6, 6.07) is 9.34. The van der Waals surface area contributed by atoms with Crippen molar-refractivity contribution >= 4 is 11.5 Å². The lowest BCUT2D eigenvalue weighted by molar-refractivity contribution is 0.0591. The Bertz CT molecular complexity index is 930. The maximum absolute atomic E-state index is 13.3. The first-order valence-corrected chi connectivity index (χ1v) is 7.97. The van der Waals surface area contributed by atoms with Crippen molar-refractivity contribution in [1.29, 1.82) is 0 Å². The number of aliphatic hydroxyl groups is 1. The van der Waals surface area contributed by atoms with E-state index in [0.29, 0.717) is 22.5 Å². The van der Waals surface area contributed by atoms with Crippen LogP contribution in [0.1, 0.15) is 41.4 Å². The third kappa shape index (κ3) is 2.89. The number of halogens is 1. The first-order valence-electron chi connectivity index (χ1n) is 7.97. The number of methoxy groups -OCH3 is 1. The average Bonchev–Trinajstić information content (AvgIpc) is 3.03. The van der Waals surface area contributed by atoms with Crippen LogP contribution in [0.5, 0.6) is 0 Å². The minimum absolute atomic E-state index is 0.0900. The number of fused-ring (bicyclic) bond motifs is 1. The quantitative estimate of drug-likeness (QED) is 0.737. The van der Waals surface area contributed by atoms with Gasteiger partial charge < -0.3 is 9.84 Å². The van der Waals surface area contributed by atoms with Crippen molar-refractivity contribution in [3.05, 3.63) is 59.0 Å². The molecule has 0 saturated carbocycles. The van der Waals surface area contributed by atoms with Crippen molar-refractivity contribution in [3.8, 4) is 11.3 Å². The molecule has 130 valence electrons. The summed E-state index contributed by atoms with van der Waals surface area (Å²) in [5, 5.41) is 14.5. The maximum Gasteiger partial charge on any atom is 0.356 e. The number of hydrogen-bond acceptors (Lipinski definition) is 4. The highest BCUT2D eigenvalue weighted by molar-refractivity contribution is 5.89. The molecule has 0 spiro atoms. The predicted molar refractivity (Wildman–Crippen MR) is 91.9 cm³/mol. The molecule has 3 rings (SSSR count). The highest BCUT2D eigenvalue weighted by Crippen LogP contribution is 2.33. The Morgan fingerprint density at radius 3 is 2.48 bits per heavy atom. The van der Waals surface area contributed by atoms with Crippen molar-refractivity contribution in [2.24, 2.45) is 0 Å². The number of aliphatic hydroxyl groups excluding tert-OH is 1. The number of aromatic nitrogens is 2. The van der Waals surface area contributed by atoms with Crippen molar-refractivity contribution in [1.82, 2.24) is 9.61 Å². The zero-order chi connectivity index (χ0) is 18.1. The minimum Gasteiger partial charge on any atom is -0.464 e. The normalized spacial score (nSPS) is 11.3. The summed E-state index contributed by atoms with van der Waals surface area (Å²) in [4.78, 5) is 12.0. The Kier molecular flexibility index (Phi) is 4.55. The minimum atomic E-state index is -0.496. The summed E-state index contributed by atoms with van der Waals surface area (Å²) in [5.41, 5.74) is 3.78. The lowest BCUT2D eigenvalue weighted by Gasteiger charge is -2.18. The van der Waals surface area contributed by atoms with Crippen molar-refractivity contribution in [2.75, 3.05) is 7.11 Å². The van der Waals surface area contributed by atoms with Gasteiger partial charge in [-0.25, -0.2) is 13.7 Å². The van der Waals surface area contributed by atoms with E-state index in [2.05, 4.69) is 5.10 Å². The maximum atomic E-state index is 13.3. The van der Waals surface area contributed by atoms with Gasteiger partial charge in [0.15, 0.2) is 5.69 Å². The van der Waals surface area contributed by atoms with Gasteiger partial charge in [-0.1, -0.05) is 13.8 Å². The summed E-state index contributed by atoms with van der Waals surface area (Å²) >= 11 is 0. The monoisotopic (exact) mass is 342 g/mol. The van der Waals surface area contributed by atoms with Gasteiger partial charge in [0.05, 0.1) is 24.9 Å².